The lowest BCUT2D eigenvalue weighted by molar-refractivity contribution is 0.102. The van der Waals surface area contributed by atoms with Crippen LogP contribution in [0, 0.1) is 11.3 Å². The number of carbonyl (C=O) groups excluding carboxylic acids is 1. The van der Waals surface area contributed by atoms with Crippen molar-refractivity contribution in [2.24, 2.45) is 7.05 Å². The van der Waals surface area contributed by atoms with E-state index in [9.17, 15) is 4.79 Å². The third-order valence-corrected chi connectivity index (χ3v) is 2.83. The highest BCUT2D eigenvalue weighted by Gasteiger charge is 2.17. The van der Waals surface area contributed by atoms with Gasteiger partial charge in [0.2, 0.25) is 0 Å². The van der Waals surface area contributed by atoms with Gasteiger partial charge in [0.05, 0.1) is 19.8 Å². The van der Waals surface area contributed by atoms with Gasteiger partial charge in [0, 0.05) is 13.2 Å². The SMILES string of the molecule is COc1ccc(OC)c(C(=O)Nc2nn(C)cc2C#N)c1. The van der Waals surface area contributed by atoms with Crippen LogP contribution in [-0.2, 0) is 7.05 Å². The minimum Gasteiger partial charge on any atom is -0.497 e. The number of methoxy groups -OCH3 is 2. The molecule has 1 heterocycles. The van der Waals surface area contributed by atoms with Gasteiger partial charge in [-0.3, -0.25) is 9.48 Å². The zero-order valence-corrected chi connectivity index (χ0v) is 11.9. The highest BCUT2D eigenvalue weighted by molar-refractivity contribution is 6.06. The summed E-state index contributed by atoms with van der Waals surface area (Å²) in [5.74, 6) is 0.709. The topological polar surface area (TPSA) is 89.2 Å². The Morgan fingerprint density at radius 2 is 2.14 bits per heavy atom. The zero-order valence-electron chi connectivity index (χ0n) is 11.9. The fraction of sp³-hybridized carbons (Fsp3) is 0.214. The van der Waals surface area contributed by atoms with Gasteiger partial charge in [-0.25, -0.2) is 0 Å². The molecular weight excluding hydrogens is 272 g/mol. The molecule has 2 aromatic rings. The van der Waals surface area contributed by atoms with Crippen LogP contribution in [-0.4, -0.2) is 29.9 Å². The van der Waals surface area contributed by atoms with E-state index in [4.69, 9.17) is 14.7 Å². The minimum absolute atomic E-state index is 0.204. The molecule has 0 radical (unpaired) electrons. The lowest BCUT2D eigenvalue weighted by Crippen LogP contribution is -2.14. The number of rotatable bonds is 4. The molecule has 1 N–H and O–H groups in total. The fourth-order valence-electron chi connectivity index (χ4n) is 1.83. The molecule has 1 amide bonds. The van der Waals surface area contributed by atoms with Crippen LogP contribution >= 0.6 is 0 Å². The van der Waals surface area contributed by atoms with Gasteiger partial charge in [-0.1, -0.05) is 0 Å². The molecule has 0 aliphatic carbocycles. The molecule has 0 unspecified atom stereocenters. The monoisotopic (exact) mass is 286 g/mol. The maximum absolute atomic E-state index is 12.3. The fourth-order valence-corrected chi connectivity index (χ4v) is 1.83. The van der Waals surface area contributed by atoms with Gasteiger partial charge in [0.15, 0.2) is 5.82 Å². The van der Waals surface area contributed by atoms with Crippen molar-refractivity contribution in [3.63, 3.8) is 0 Å². The summed E-state index contributed by atoms with van der Waals surface area (Å²) in [5.41, 5.74) is 0.583. The first-order valence-electron chi connectivity index (χ1n) is 6.06. The molecule has 21 heavy (non-hydrogen) atoms. The average Bonchev–Trinajstić information content (AvgIpc) is 2.86. The van der Waals surface area contributed by atoms with Crippen LogP contribution in [0.25, 0.3) is 0 Å². The van der Waals surface area contributed by atoms with Crippen molar-refractivity contribution in [2.75, 3.05) is 19.5 Å². The molecular formula is C14H14N4O3. The summed E-state index contributed by atoms with van der Waals surface area (Å²) in [6, 6.07) is 6.86. The second kappa shape index (κ2) is 5.96. The van der Waals surface area contributed by atoms with Gasteiger partial charge >= 0.3 is 0 Å². The summed E-state index contributed by atoms with van der Waals surface area (Å²) in [6.07, 6.45) is 1.53. The number of nitrogens with zero attached hydrogens (tertiary/aromatic N) is 3. The third-order valence-electron chi connectivity index (χ3n) is 2.83. The lowest BCUT2D eigenvalue weighted by Gasteiger charge is -2.10. The Balaban J connectivity index is 2.34. The van der Waals surface area contributed by atoms with Crippen molar-refractivity contribution in [1.29, 1.82) is 5.26 Å². The Morgan fingerprint density at radius 3 is 2.76 bits per heavy atom. The molecule has 0 aliphatic heterocycles. The predicted molar refractivity (Wildman–Crippen MR) is 75.4 cm³/mol. The van der Waals surface area contributed by atoms with Crippen molar-refractivity contribution in [3.8, 4) is 17.6 Å². The third kappa shape index (κ3) is 2.95. The first kappa shape index (κ1) is 14.4. The largest absolute Gasteiger partial charge is 0.497 e. The van der Waals surface area contributed by atoms with E-state index < -0.39 is 5.91 Å². The van der Waals surface area contributed by atoms with Gasteiger partial charge in [-0.15, -0.1) is 0 Å². The first-order valence-corrected chi connectivity index (χ1v) is 6.06. The van der Waals surface area contributed by atoms with Crippen molar-refractivity contribution in [1.82, 2.24) is 9.78 Å². The van der Waals surface area contributed by atoms with Crippen LogP contribution in [0.3, 0.4) is 0 Å². The quantitative estimate of drug-likeness (QED) is 0.921. The molecule has 0 saturated carbocycles. The van der Waals surface area contributed by atoms with Crippen molar-refractivity contribution < 1.29 is 14.3 Å². The second-order valence-electron chi connectivity index (χ2n) is 4.20. The van der Waals surface area contributed by atoms with E-state index in [1.54, 1.807) is 25.2 Å². The standard InChI is InChI=1S/C14H14N4O3/c1-18-8-9(7-15)13(17-18)16-14(19)11-6-10(20-2)4-5-12(11)21-3/h4-6,8H,1-3H3,(H,16,17,19). The number of aromatic nitrogens is 2. The molecule has 2 rings (SSSR count). The maximum Gasteiger partial charge on any atom is 0.260 e. The minimum atomic E-state index is -0.430. The van der Waals surface area contributed by atoms with Crippen LogP contribution in [0.15, 0.2) is 24.4 Å². The molecule has 0 saturated heterocycles. The summed E-state index contributed by atoms with van der Waals surface area (Å²) in [6.45, 7) is 0. The summed E-state index contributed by atoms with van der Waals surface area (Å²) in [5, 5.41) is 15.6. The molecule has 7 nitrogen and oxygen atoms in total. The lowest BCUT2D eigenvalue weighted by atomic mass is 10.1. The van der Waals surface area contributed by atoms with E-state index in [0.717, 1.165) is 0 Å². The van der Waals surface area contributed by atoms with E-state index >= 15 is 0 Å². The van der Waals surface area contributed by atoms with Crippen molar-refractivity contribution >= 4 is 11.7 Å². The molecule has 0 aliphatic rings. The Hall–Kier alpha value is -3.01. The number of aryl methyl sites for hydroxylation is 1. The van der Waals surface area contributed by atoms with Crippen LogP contribution in [0.4, 0.5) is 5.82 Å². The van der Waals surface area contributed by atoms with E-state index in [0.29, 0.717) is 17.1 Å². The second-order valence-corrected chi connectivity index (χ2v) is 4.20. The van der Waals surface area contributed by atoms with Gasteiger partial charge in [0.25, 0.3) is 5.91 Å². The molecule has 0 atom stereocenters. The maximum atomic E-state index is 12.3. The molecule has 1 aromatic carbocycles. The summed E-state index contributed by atoms with van der Waals surface area (Å²) >= 11 is 0. The number of hydrogen-bond acceptors (Lipinski definition) is 5. The Bertz CT molecular complexity index is 715. The van der Waals surface area contributed by atoms with E-state index in [1.807, 2.05) is 6.07 Å². The number of anilines is 1. The van der Waals surface area contributed by atoms with Gasteiger partial charge in [-0.2, -0.15) is 10.4 Å². The smallest absolute Gasteiger partial charge is 0.260 e. The molecule has 0 fully saturated rings. The highest BCUT2D eigenvalue weighted by atomic mass is 16.5. The van der Waals surface area contributed by atoms with Crippen LogP contribution in [0.1, 0.15) is 15.9 Å². The molecule has 7 heteroatoms. The number of amides is 1. The summed E-state index contributed by atoms with van der Waals surface area (Å²) in [7, 11) is 4.65. The van der Waals surface area contributed by atoms with Crippen LogP contribution < -0.4 is 14.8 Å². The average molecular weight is 286 g/mol. The Labute approximate surface area is 121 Å². The highest BCUT2D eigenvalue weighted by Crippen LogP contribution is 2.25. The van der Waals surface area contributed by atoms with E-state index in [2.05, 4.69) is 10.4 Å². The number of benzene rings is 1. The molecule has 0 spiro atoms. The Kier molecular flexibility index (Phi) is 4.09. The molecule has 108 valence electrons. The normalized spacial score (nSPS) is 9.81. The summed E-state index contributed by atoms with van der Waals surface area (Å²) < 4.78 is 11.7. The molecule has 0 bridgehead atoms. The number of nitrogens with one attached hydrogen (secondary N) is 1. The number of nitriles is 1. The Morgan fingerprint density at radius 1 is 1.38 bits per heavy atom. The van der Waals surface area contributed by atoms with Gasteiger partial charge in [0.1, 0.15) is 23.1 Å². The predicted octanol–water partition coefficient (Wildman–Crippen LogP) is 1.56. The summed E-state index contributed by atoms with van der Waals surface area (Å²) in [4.78, 5) is 12.3. The van der Waals surface area contributed by atoms with E-state index in [1.165, 1.54) is 25.1 Å². The van der Waals surface area contributed by atoms with Crippen molar-refractivity contribution in [3.05, 3.63) is 35.5 Å². The van der Waals surface area contributed by atoms with Gasteiger partial charge < -0.3 is 14.8 Å². The number of hydrogen-bond donors (Lipinski definition) is 1. The van der Waals surface area contributed by atoms with Crippen LogP contribution in [0.2, 0.25) is 0 Å². The zero-order chi connectivity index (χ0) is 15.4. The number of carbonyl (C=O) groups is 1. The molecule has 1 aromatic heterocycles. The first-order chi connectivity index (χ1) is 10.1. The van der Waals surface area contributed by atoms with Gasteiger partial charge in [-0.05, 0) is 18.2 Å². The van der Waals surface area contributed by atoms with Crippen molar-refractivity contribution in [2.45, 2.75) is 0 Å². The van der Waals surface area contributed by atoms with Crippen LogP contribution in [0.5, 0.6) is 11.5 Å². The number of ether oxygens (including phenoxy) is 2. The van der Waals surface area contributed by atoms with E-state index in [-0.39, 0.29) is 11.4 Å².